The third-order valence-corrected chi connectivity index (χ3v) is 5.03. The fraction of sp³-hybridized carbons (Fsp3) is 0.150. The van der Waals surface area contributed by atoms with Crippen LogP contribution in [0.4, 0.5) is 0 Å². The van der Waals surface area contributed by atoms with Gasteiger partial charge >= 0.3 is 0 Å². The van der Waals surface area contributed by atoms with Crippen molar-refractivity contribution in [1.82, 2.24) is 20.6 Å². The molecule has 1 aromatic carbocycles. The molecule has 28 heavy (non-hydrogen) atoms. The van der Waals surface area contributed by atoms with Gasteiger partial charge in [0.25, 0.3) is 0 Å². The summed E-state index contributed by atoms with van der Waals surface area (Å²) in [5.41, 5.74) is 1.95. The molecule has 0 saturated carbocycles. The van der Waals surface area contributed by atoms with Gasteiger partial charge in [-0.25, -0.2) is 4.98 Å². The van der Waals surface area contributed by atoms with Gasteiger partial charge in [-0.2, -0.15) is 0 Å². The molecule has 8 heteroatoms. The number of rotatable bonds is 5. The monoisotopic (exact) mass is 505 g/mol. The Morgan fingerprint density at radius 1 is 1.04 bits per heavy atom. The van der Waals surface area contributed by atoms with E-state index in [0.717, 1.165) is 32.4 Å². The lowest BCUT2D eigenvalue weighted by Crippen LogP contribution is -2.36. The predicted molar refractivity (Wildman–Crippen MR) is 124 cm³/mol. The zero-order valence-electron chi connectivity index (χ0n) is 15.3. The van der Waals surface area contributed by atoms with Gasteiger partial charge in [0.1, 0.15) is 5.76 Å². The summed E-state index contributed by atoms with van der Waals surface area (Å²) in [4.78, 5) is 13.1. The number of pyridine rings is 1. The van der Waals surface area contributed by atoms with Crippen LogP contribution < -0.4 is 10.6 Å². The molecule has 3 aromatic heterocycles. The van der Waals surface area contributed by atoms with Crippen molar-refractivity contribution in [3.05, 3.63) is 72.2 Å². The summed E-state index contributed by atoms with van der Waals surface area (Å²) in [5.74, 6) is 2.30. The van der Waals surface area contributed by atoms with E-state index in [1.807, 2.05) is 48.5 Å². The van der Waals surface area contributed by atoms with Gasteiger partial charge in [0, 0.05) is 13.2 Å². The summed E-state index contributed by atoms with van der Waals surface area (Å²) >= 11 is 1.63. The number of hydrogen-bond acceptors (Lipinski definition) is 5. The number of para-hydroxylation sites is 1. The van der Waals surface area contributed by atoms with Crippen LogP contribution in [0.1, 0.15) is 11.5 Å². The number of aromatic nitrogens is 2. The highest BCUT2D eigenvalue weighted by molar-refractivity contribution is 14.0. The minimum Gasteiger partial charge on any atom is -0.457 e. The molecule has 0 fully saturated rings. The summed E-state index contributed by atoms with van der Waals surface area (Å²) in [6, 6.07) is 17.8. The van der Waals surface area contributed by atoms with Crippen LogP contribution in [0.25, 0.3) is 21.0 Å². The van der Waals surface area contributed by atoms with Gasteiger partial charge in [0.05, 0.1) is 29.0 Å². The zero-order valence-corrected chi connectivity index (χ0v) is 18.4. The Morgan fingerprint density at radius 3 is 2.64 bits per heavy atom. The van der Waals surface area contributed by atoms with Crippen molar-refractivity contribution in [3.8, 4) is 10.8 Å². The minimum absolute atomic E-state index is 0. The van der Waals surface area contributed by atoms with E-state index in [0.29, 0.717) is 19.0 Å². The van der Waals surface area contributed by atoms with Crippen LogP contribution >= 0.6 is 35.3 Å². The molecule has 3 heterocycles. The lowest BCUT2D eigenvalue weighted by molar-refractivity contribution is 0.513. The Morgan fingerprint density at radius 2 is 1.86 bits per heavy atom. The molecule has 0 atom stereocenters. The third kappa shape index (κ3) is 4.87. The quantitative estimate of drug-likeness (QED) is 0.239. The first-order valence-corrected chi connectivity index (χ1v) is 9.42. The van der Waals surface area contributed by atoms with Gasteiger partial charge in [-0.15, -0.1) is 35.3 Å². The summed E-state index contributed by atoms with van der Waals surface area (Å²) in [6.07, 6.45) is 1.78. The lowest BCUT2D eigenvalue weighted by Gasteiger charge is -2.10. The van der Waals surface area contributed by atoms with Crippen molar-refractivity contribution in [2.45, 2.75) is 13.1 Å². The van der Waals surface area contributed by atoms with Crippen molar-refractivity contribution in [2.24, 2.45) is 4.99 Å². The second kappa shape index (κ2) is 9.65. The first kappa shape index (κ1) is 20.3. The molecule has 0 aliphatic rings. The highest BCUT2D eigenvalue weighted by atomic mass is 127. The van der Waals surface area contributed by atoms with Gasteiger partial charge in [-0.1, -0.05) is 18.2 Å². The standard InChI is InChI=1S/C20H19N5OS.HI/c1-21-20(23-12-14-6-4-5-11-22-14)24-13-15-9-10-17(26-15)19-25-16-7-2-3-8-18(16)27-19;/h2-11H,12-13H2,1H3,(H2,21,23,24);1H. The first-order chi connectivity index (χ1) is 13.3. The van der Waals surface area contributed by atoms with E-state index in [2.05, 4.69) is 31.7 Å². The molecule has 0 bridgehead atoms. The number of hydrogen-bond donors (Lipinski definition) is 2. The van der Waals surface area contributed by atoms with Crippen LogP contribution in [-0.4, -0.2) is 23.0 Å². The fourth-order valence-electron chi connectivity index (χ4n) is 2.63. The molecule has 4 aromatic rings. The number of furan rings is 1. The second-order valence-electron chi connectivity index (χ2n) is 5.85. The van der Waals surface area contributed by atoms with Crippen LogP contribution in [-0.2, 0) is 13.1 Å². The number of guanidine groups is 1. The van der Waals surface area contributed by atoms with E-state index in [1.54, 1.807) is 24.6 Å². The molecule has 0 saturated heterocycles. The molecule has 0 amide bonds. The van der Waals surface area contributed by atoms with E-state index < -0.39 is 0 Å². The van der Waals surface area contributed by atoms with Crippen molar-refractivity contribution in [3.63, 3.8) is 0 Å². The van der Waals surface area contributed by atoms with E-state index in [4.69, 9.17) is 4.42 Å². The number of benzene rings is 1. The number of fused-ring (bicyclic) bond motifs is 1. The summed E-state index contributed by atoms with van der Waals surface area (Å²) < 4.78 is 7.10. The molecule has 4 rings (SSSR count). The maximum Gasteiger partial charge on any atom is 0.191 e. The van der Waals surface area contributed by atoms with Crippen LogP contribution in [0, 0.1) is 0 Å². The molecule has 2 N–H and O–H groups in total. The number of aliphatic imine (C=N–C) groups is 1. The molecular weight excluding hydrogens is 485 g/mol. The maximum absolute atomic E-state index is 5.95. The van der Waals surface area contributed by atoms with Crippen LogP contribution in [0.5, 0.6) is 0 Å². The van der Waals surface area contributed by atoms with Crippen molar-refractivity contribution >= 4 is 51.5 Å². The molecule has 0 spiro atoms. The summed E-state index contributed by atoms with van der Waals surface area (Å²) in [5, 5.41) is 7.37. The van der Waals surface area contributed by atoms with Gasteiger partial charge in [0.2, 0.25) is 0 Å². The fourth-order valence-corrected chi connectivity index (χ4v) is 3.56. The van der Waals surface area contributed by atoms with Crippen LogP contribution in [0.2, 0.25) is 0 Å². The minimum atomic E-state index is 0. The summed E-state index contributed by atoms with van der Waals surface area (Å²) in [6.45, 7) is 1.14. The van der Waals surface area contributed by atoms with E-state index in [1.165, 1.54) is 0 Å². The van der Waals surface area contributed by atoms with Gasteiger partial charge in [0.15, 0.2) is 16.7 Å². The zero-order chi connectivity index (χ0) is 18.5. The van der Waals surface area contributed by atoms with Crippen molar-refractivity contribution in [1.29, 1.82) is 0 Å². The maximum atomic E-state index is 5.95. The Labute approximate surface area is 184 Å². The number of halogens is 1. The normalized spacial score (nSPS) is 11.2. The van der Waals surface area contributed by atoms with E-state index in [9.17, 15) is 0 Å². The molecule has 0 unspecified atom stereocenters. The van der Waals surface area contributed by atoms with E-state index in [-0.39, 0.29) is 24.0 Å². The highest BCUT2D eigenvalue weighted by Gasteiger charge is 2.10. The Hall–Kier alpha value is -2.46. The van der Waals surface area contributed by atoms with Gasteiger partial charge in [-0.3, -0.25) is 9.98 Å². The average molecular weight is 505 g/mol. The summed E-state index contributed by atoms with van der Waals surface area (Å²) in [7, 11) is 1.74. The molecule has 6 nitrogen and oxygen atoms in total. The molecular formula is C20H20IN5OS. The average Bonchev–Trinajstić information content (AvgIpc) is 3.35. The van der Waals surface area contributed by atoms with Gasteiger partial charge < -0.3 is 15.1 Å². The highest BCUT2D eigenvalue weighted by Crippen LogP contribution is 2.31. The predicted octanol–water partition coefficient (Wildman–Crippen LogP) is 4.43. The first-order valence-electron chi connectivity index (χ1n) is 8.61. The Balaban J connectivity index is 0.00000225. The Bertz CT molecular complexity index is 1030. The second-order valence-corrected chi connectivity index (χ2v) is 6.88. The van der Waals surface area contributed by atoms with Crippen LogP contribution in [0.3, 0.4) is 0 Å². The number of nitrogens with zero attached hydrogens (tertiary/aromatic N) is 3. The molecule has 0 aliphatic carbocycles. The smallest absolute Gasteiger partial charge is 0.191 e. The van der Waals surface area contributed by atoms with Gasteiger partial charge in [-0.05, 0) is 36.4 Å². The molecule has 0 radical (unpaired) electrons. The SMILES string of the molecule is CN=C(NCc1ccccn1)NCc1ccc(-c2nc3ccccc3s2)o1.I. The lowest BCUT2D eigenvalue weighted by atomic mass is 10.3. The largest absolute Gasteiger partial charge is 0.457 e. The number of nitrogens with one attached hydrogen (secondary N) is 2. The van der Waals surface area contributed by atoms with Crippen molar-refractivity contribution < 1.29 is 4.42 Å². The van der Waals surface area contributed by atoms with Crippen LogP contribution in [0.15, 0.2) is 70.2 Å². The molecule has 144 valence electrons. The van der Waals surface area contributed by atoms with Crippen molar-refractivity contribution in [2.75, 3.05) is 7.05 Å². The Kier molecular flexibility index (Phi) is 6.99. The third-order valence-electron chi connectivity index (χ3n) is 3.98. The topological polar surface area (TPSA) is 75.3 Å². The van der Waals surface area contributed by atoms with E-state index >= 15 is 0 Å². The molecule has 0 aliphatic heterocycles. The number of thiazole rings is 1.